The number of rotatable bonds is 1. The number of fused-ring (bicyclic) bond motifs is 1. The smallest absolute Gasteiger partial charge is 0.0705 e. The zero-order chi connectivity index (χ0) is 10.3. The molecule has 0 saturated heterocycles. The molecule has 0 saturated carbocycles. The minimum Gasteiger partial charge on any atom is -0.346 e. The third-order valence-electron chi connectivity index (χ3n) is 2.57. The maximum Gasteiger partial charge on any atom is 0.0705 e. The first-order chi connectivity index (χ1) is 6.66. The highest BCUT2D eigenvalue weighted by Crippen LogP contribution is 2.35. The van der Waals surface area contributed by atoms with Crippen molar-refractivity contribution in [1.29, 1.82) is 0 Å². The van der Waals surface area contributed by atoms with Gasteiger partial charge in [-0.25, -0.2) is 0 Å². The lowest BCUT2D eigenvalue weighted by molar-refractivity contribution is 0.866. The van der Waals surface area contributed by atoms with Crippen LogP contribution in [0, 0.1) is 0 Å². The molecule has 1 aromatic heterocycles. The Morgan fingerprint density at radius 2 is 2.14 bits per heavy atom. The Kier molecular flexibility index (Phi) is 2.58. The molecule has 0 aliphatic carbocycles. The number of aromatic nitrogens is 1. The molecule has 0 spiro atoms. The lowest BCUT2D eigenvalue weighted by Crippen LogP contribution is -1.93. The summed E-state index contributed by atoms with van der Waals surface area (Å²) in [5.74, 6) is 0. The zero-order valence-electron chi connectivity index (χ0n) is 8.14. The first-order valence-electron chi connectivity index (χ1n) is 4.58. The van der Waals surface area contributed by atoms with Crippen molar-refractivity contribution in [2.24, 2.45) is 7.05 Å². The molecule has 0 unspecified atom stereocenters. The normalized spacial score (nSPS) is 11.1. The third kappa shape index (κ3) is 1.29. The van der Waals surface area contributed by atoms with Crippen molar-refractivity contribution in [3.63, 3.8) is 0 Å². The molecule has 0 radical (unpaired) electrons. The Hall–Kier alpha value is -0.470. The second-order valence-electron chi connectivity index (χ2n) is 3.31. The summed E-state index contributed by atoms with van der Waals surface area (Å²) < 4.78 is 3.22. The average molecular weight is 273 g/mol. The quantitative estimate of drug-likeness (QED) is 0.735. The van der Waals surface area contributed by atoms with Gasteiger partial charge in [0.25, 0.3) is 0 Å². The molecule has 14 heavy (non-hydrogen) atoms. The van der Waals surface area contributed by atoms with E-state index in [0.717, 1.165) is 21.3 Å². The van der Waals surface area contributed by atoms with Crippen molar-refractivity contribution in [3.8, 4) is 0 Å². The number of hydrogen-bond acceptors (Lipinski definition) is 0. The van der Waals surface area contributed by atoms with Crippen LogP contribution in [0.25, 0.3) is 10.9 Å². The van der Waals surface area contributed by atoms with Crippen molar-refractivity contribution in [2.45, 2.75) is 13.3 Å². The molecule has 0 fully saturated rings. The Balaban J connectivity index is 2.94. The molecule has 3 heteroatoms. The van der Waals surface area contributed by atoms with E-state index in [1.54, 1.807) is 0 Å². The SMILES string of the molecule is CCc1c(Cl)c2c(Br)cccc2n1C. The molecule has 2 aromatic rings. The van der Waals surface area contributed by atoms with E-state index in [9.17, 15) is 0 Å². The molecule has 0 atom stereocenters. The van der Waals surface area contributed by atoms with Crippen molar-refractivity contribution >= 4 is 38.4 Å². The van der Waals surface area contributed by atoms with E-state index in [0.29, 0.717) is 0 Å². The standard InChI is InChI=1S/C11H11BrClN/c1-3-8-11(13)10-7(12)5-4-6-9(10)14(8)2/h4-6H,3H2,1-2H3. The Morgan fingerprint density at radius 3 is 2.71 bits per heavy atom. The van der Waals surface area contributed by atoms with Gasteiger partial charge in [-0.15, -0.1) is 0 Å². The van der Waals surface area contributed by atoms with Crippen LogP contribution >= 0.6 is 27.5 Å². The summed E-state index contributed by atoms with van der Waals surface area (Å²) in [7, 11) is 2.06. The number of hydrogen-bond donors (Lipinski definition) is 0. The van der Waals surface area contributed by atoms with Crippen LogP contribution < -0.4 is 0 Å². The van der Waals surface area contributed by atoms with E-state index in [-0.39, 0.29) is 0 Å². The molecule has 0 aliphatic heterocycles. The van der Waals surface area contributed by atoms with Crippen LogP contribution in [-0.4, -0.2) is 4.57 Å². The van der Waals surface area contributed by atoms with Gasteiger partial charge >= 0.3 is 0 Å². The monoisotopic (exact) mass is 271 g/mol. The molecular formula is C11H11BrClN. The molecule has 74 valence electrons. The maximum atomic E-state index is 6.32. The fourth-order valence-corrected chi connectivity index (χ4v) is 2.97. The topological polar surface area (TPSA) is 4.93 Å². The van der Waals surface area contributed by atoms with Crippen molar-refractivity contribution < 1.29 is 0 Å². The van der Waals surface area contributed by atoms with Crippen molar-refractivity contribution in [3.05, 3.63) is 33.4 Å². The first kappa shape index (κ1) is 10.1. The van der Waals surface area contributed by atoms with Gasteiger partial charge in [-0.05, 0) is 18.6 Å². The lowest BCUT2D eigenvalue weighted by Gasteiger charge is -2.00. The van der Waals surface area contributed by atoms with Crippen LogP contribution in [0.5, 0.6) is 0 Å². The van der Waals surface area contributed by atoms with Crippen molar-refractivity contribution in [1.82, 2.24) is 4.57 Å². The van der Waals surface area contributed by atoms with Crippen LogP contribution in [0.3, 0.4) is 0 Å². The van der Waals surface area contributed by atoms with Gasteiger partial charge in [0.05, 0.1) is 10.5 Å². The van der Waals surface area contributed by atoms with Gasteiger partial charge in [0.1, 0.15) is 0 Å². The molecule has 0 aliphatic rings. The summed E-state index contributed by atoms with van der Waals surface area (Å²) in [5.41, 5.74) is 2.37. The summed E-state index contributed by atoms with van der Waals surface area (Å²) in [6.07, 6.45) is 0.955. The largest absolute Gasteiger partial charge is 0.346 e. The molecule has 0 N–H and O–H groups in total. The number of aryl methyl sites for hydroxylation is 1. The first-order valence-corrected chi connectivity index (χ1v) is 5.75. The van der Waals surface area contributed by atoms with Crippen LogP contribution in [0.2, 0.25) is 5.02 Å². The highest BCUT2D eigenvalue weighted by atomic mass is 79.9. The predicted molar refractivity (Wildman–Crippen MR) is 65.0 cm³/mol. The van der Waals surface area contributed by atoms with Crippen LogP contribution in [0.15, 0.2) is 22.7 Å². The van der Waals surface area contributed by atoms with Crippen LogP contribution in [-0.2, 0) is 13.5 Å². The maximum absolute atomic E-state index is 6.32. The molecule has 0 bridgehead atoms. The third-order valence-corrected chi connectivity index (χ3v) is 3.63. The minimum absolute atomic E-state index is 0.873. The zero-order valence-corrected chi connectivity index (χ0v) is 10.5. The van der Waals surface area contributed by atoms with Gasteiger partial charge < -0.3 is 4.57 Å². The van der Waals surface area contributed by atoms with Gasteiger partial charge in [-0.2, -0.15) is 0 Å². The van der Waals surface area contributed by atoms with E-state index < -0.39 is 0 Å². The van der Waals surface area contributed by atoms with E-state index >= 15 is 0 Å². The van der Waals surface area contributed by atoms with Gasteiger partial charge in [-0.3, -0.25) is 0 Å². The summed E-state index contributed by atoms with van der Waals surface area (Å²) in [6.45, 7) is 2.12. The lowest BCUT2D eigenvalue weighted by atomic mass is 10.2. The summed E-state index contributed by atoms with van der Waals surface area (Å²) in [6, 6.07) is 6.14. The van der Waals surface area contributed by atoms with E-state index in [1.165, 1.54) is 11.2 Å². The molecule has 2 rings (SSSR count). The van der Waals surface area contributed by atoms with Crippen LogP contribution in [0.4, 0.5) is 0 Å². The predicted octanol–water partition coefficient (Wildman–Crippen LogP) is 4.16. The number of nitrogens with zero attached hydrogens (tertiary/aromatic N) is 1. The van der Waals surface area contributed by atoms with Gasteiger partial charge in [0.15, 0.2) is 0 Å². The number of halogens is 2. The average Bonchev–Trinajstić information content (AvgIpc) is 2.41. The Morgan fingerprint density at radius 1 is 1.43 bits per heavy atom. The second kappa shape index (κ2) is 3.59. The molecule has 1 aromatic carbocycles. The van der Waals surface area contributed by atoms with E-state index in [2.05, 4.69) is 40.5 Å². The fraction of sp³-hybridized carbons (Fsp3) is 0.273. The highest BCUT2D eigenvalue weighted by molar-refractivity contribution is 9.10. The fourth-order valence-electron chi connectivity index (χ4n) is 1.84. The second-order valence-corrected chi connectivity index (χ2v) is 4.54. The number of benzene rings is 1. The van der Waals surface area contributed by atoms with Gasteiger partial charge in [-0.1, -0.05) is 40.5 Å². The minimum atomic E-state index is 0.873. The summed E-state index contributed by atoms with van der Waals surface area (Å²) in [4.78, 5) is 0. The molecular weight excluding hydrogens is 261 g/mol. The molecule has 1 nitrogen and oxygen atoms in total. The Bertz CT molecular complexity index is 487. The Labute approximate surface area is 96.8 Å². The van der Waals surface area contributed by atoms with Crippen molar-refractivity contribution in [2.75, 3.05) is 0 Å². The van der Waals surface area contributed by atoms with Crippen LogP contribution in [0.1, 0.15) is 12.6 Å². The summed E-state index contributed by atoms with van der Waals surface area (Å²) >= 11 is 9.84. The molecule has 1 heterocycles. The van der Waals surface area contributed by atoms with Gasteiger partial charge in [0, 0.05) is 22.6 Å². The van der Waals surface area contributed by atoms with Gasteiger partial charge in [0.2, 0.25) is 0 Å². The highest BCUT2D eigenvalue weighted by Gasteiger charge is 2.13. The van der Waals surface area contributed by atoms with E-state index in [1.807, 2.05) is 12.1 Å². The summed E-state index contributed by atoms with van der Waals surface area (Å²) in [5, 5.41) is 1.99. The molecule has 0 amide bonds. The van der Waals surface area contributed by atoms with E-state index in [4.69, 9.17) is 11.6 Å².